The van der Waals surface area contributed by atoms with E-state index in [1.54, 1.807) is 29.2 Å². The topological polar surface area (TPSA) is 58.6 Å². The van der Waals surface area contributed by atoms with E-state index >= 15 is 0 Å². The molecule has 0 aliphatic carbocycles. The molecule has 0 radical (unpaired) electrons. The summed E-state index contributed by atoms with van der Waals surface area (Å²) in [4.78, 5) is 28.3. The molecule has 7 heteroatoms. The third kappa shape index (κ3) is 7.89. The molecule has 0 aliphatic rings. The quantitative estimate of drug-likeness (QED) is 0.340. The van der Waals surface area contributed by atoms with Crippen molar-refractivity contribution in [3.8, 4) is 5.75 Å². The number of rotatable bonds is 11. The van der Waals surface area contributed by atoms with Crippen molar-refractivity contribution < 1.29 is 14.3 Å². The number of carbonyl (C=O) groups is 2. The van der Waals surface area contributed by atoms with Crippen molar-refractivity contribution in [1.82, 2.24) is 10.2 Å². The van der Waals surface area contributed by atoms with Gasteiger partial charge in [-0.2, -0.15) is 0 Å². The summed E-state index contributed by atoms with van der Waals surface area (Å²) in [5, 5.41) is 3.49. The van der Waals surface area contributed by atoms with Crippen LogP contribution in [0.1, 0.15) is 24.5 Å². The van der Waals surface area contributed by atoms with E-state index in [2.05, 4.69) is 21.2 Å². The second-order valence-corrected chi connectivity index (χ2v) is 9.24. The molecule has 2 amide bonds. The normalized spacial score (nSPS) is 11.5. The third-order valence-corrected chi connectivity index (χ3v) is 6.01. The number of benzene rings is 3. The fraction of sp³-hybridized carbons (Fsp3) is 0.259. The number of nitrogens with zero attached hydrogens (tertiary/aromatic N) is 1. The number of hydrogen-bond acceptors (Lipinski definition) is 3. The monoisotopic (exact) mass is 542 g/mol. The lowest BCUT2D eigenvalue weighted by Gasteiger charge is -2.31. The van der Waals surface area contributed by atoms with Gasteiger partial charge in [0.25, 0.3) is 5.91 Å². The van der Waals surface area contributed by atoms with E-state index in [0.29, 0.717) is 23.7 Å². The molecule has 0 aliphatic heterocycles. The van der Waals surface area contributed by atoms with Crippen molar-refractivity contribution in [2.45, 2.75) is 32.4 Å². The fourth-order valence-corrected chi connectivity index (χ4v) is 3.94. The number of amides is 2. The highest BCUT2D eigenvalue weighted by Gasteiger charge is 2.30. The van der Waals surface area contributed by atoms with E-state index in [4.69, 9.17) is 16.3 Å². The Bertz CT molecular complexity index is 1080. The minimum Gasteiger partial charge on any atom is -0.484 e. The Hall–Kier alpha value is -2.83. The Labute approximate surface area is 214 Å². The molecule has 3 rings (SSSR count). The average Bonchev–Trinajstić information content (AvgIpc) is 2.85. The SMILES string of the molecule is CCCNC(=O)[C@@H](Cc1ccccc1)N(Cc1ccc(Br)cc1)C(=O)COc1cccc(Cl)c1. The van der Waals surface area contributed by atoms with Gasteiger partial charge in [-0.05, 0) is 47.9 Å². The maximum atomic E-state index is 13.5. The fourth-order valence-electron chi connectivity index (χ4n) is 3.49. The summed E-state index contributed by atoms with van der Waals surface area (Å²) in [5.41, 5.74) is 1.89. The van der Waals surface area contributed by atoms with E-state index in [1.165, 1.54) is 0 Å². The molecule has 178 valence electrons. The zero-order valence-electron chi connectivity index (χ0n) is 19.0. The third-order valence-electron chi connectivity index (χ3n) is 5.24. The number of halogens is 2. The Kier molecular flexibility index (Phi) is 9.98. The summed E-state index contributed by atoms with van der Waals surface area (Å²) in [5.74, 6) is 0.0360. The van der Waals surface area contributed by atoms with Crippen molar-refractivity contribution in [2.75, 3.05) is 13.2 Å². The highest BCUT2D eigenvalue weighted by atomic mass is 79.9. The second kappa shape index (κ2) is 13.2. The van der Waals surface area contributed by atoms with Crippen LogP contribution in [-0.4, -0.2) is 35.9 Å². The van der Waals surface area contributed by atoms with Gasteiger partial charge in [0.1, 0.15) is 11.8 Å². The minimum atomic E-state index is -0.687. The zero-order valence-corrected chi connectivity index (χ0v) is 21.4. The number of hydrogen-bond donors (Lipinski definition) is 1. The molecule has 0 aromatic heterocycles. The maximum absolute atomic E-state index is 13.5. The van der Waals surface area contributed by atoms with E-state index in [-0.39, 0.29) is 25.0 Å². The van der Waals surface area contributed by atoms with Crippen LogP contribution in [0, 0.1) is 0 Å². The van der Waals surface area contributed by atoms with Crippen molar-refractivity contribution in [1.29, 1.82) is 0 Å². The summed E-state index contributed by atoms with van der Waals surface area (Å²) in [6, 6.07) is 23.6. The van der Waals surface area contributed by atoms with E-state index in [0.717, 1.165) is 22.0 Å². The van der Waals surface area contributed by atoms with Gasteiger partial charge in [0, 0.05) is 29.0 Å². The van der Waals surface area contributed by atoms with Gasteiger partial charge in [-0.1, -0.05) is 83.0 Å². The lowest BCUT2D eigenvalue weighted by Crippen LogP contribution is -2.51. The molecule has 0 bridgehead atoms. The minimum absolute atomic E-state index is 0.182. The smallest absolute Gasteiger partial charge is 0.261 e. The van der Waals surface area contributed by atoms with Gasteiger partial charge in [0.15, 0.2) is 6.61 Å². The van der Waals surface area contributed by atoms with Crippen LogP contribution in [0.4, 0.5) is 0 Å². The largest absolute Gasteiger partial charge is 0.484 e. The van der Waals surface area contributed by atoms with E-state index < -0.39 is 6.04 Å². The van der Waals surface area contributed by atoms with E-state index in [1.807, 2.05) is 61.5 Å². The van der Waals surface area contributed by atoms with Crippen LogP contribution in [-0.2, 0) is 22.6 Å². The molecular weight excluding hydrogens is 516 g/mol. The summed E-state index contributed by atoms with van der Waals surface area (Å²) < 4.78 is 6.68. The molecule has 0 saturated heterocycles. The summed E-state index contributed by atoms with van der Waals surface area (Å²) in [6.07, 6.45) is 1.21. The van der Waals surface area contributed by atoms with Crippen molar-refractivity contribution in [3.05, 3.63) is 99.5 Å². The summed E-state index contributed by atoms with van der Waals surface area (Å²) in [6.45, 7) is 2.62. The van der Waals surface area contributed by atoms with Crippen LogP contribution in [0.25, 0.3) is 0 Å². The molecule has 0 heterocycles. The predicted molar refractivity (Wildman–Crippen MR) is 139 cm³/mol. The van der Waals surface area contributed by atoms with E-state index in [9.17, 15) is 9.59 Å². The lowest BCUT2D eigenvalue weighted by atomic mass is 10.0. The highest BCUT2D eigenvalue weighted by molar-refractivity contribution is 9.10. The van der Waals surface area contributed by atoms with Crippen molar-refractivity contribution in [2.24, 2.45) is 0 Å². The van der Waals surface area contributed by atoms with Crippen LogP contribution < -0.4 is 10.1 Å². The molecule has 0 spiro atoms. The van der Waals surface area contributed by atoms with Gasteiger partial charge < -0.3 is 15.0 Å². The van der Waals surface area contributed by atoms with Crippen LogP contribution >= 0.6 is 27.5 Å². The molecule has 34 heavy (non-hydrogen) atoms. The van der Waals surface area contributed by atoms with Gasteiger partial charge in [0.2, 0.25) is 5.91 Å². The standard InChI is InChI=1S/C27H28BrClN2O3/c1-2-15-30-27(33)25(16-20-7-4-3-5-8-20)31(18-21-11-13-22(28)14-12-21)26(32)19-34-24-10-6-9-23(29)17-24/h3-14,17,25H,2,15-16,18-19H2,1H3,(H,30,33)/t25-/m1/s1. The number of nitrogens with one attached hydrogen (secondary N) is 1. The van der Waals surface area contributed by atoms with Crippen LogP contribution in [0.15, 0.2) is 83.3 Å². The molecule has 3 aromatic rings. The first kappa shape index (κ1) is 25.8. The van der Waals surface area contributed by atoms with Crippen molar-refractivity contribution >= 4 is 39.3 Å². The highest BCUT2D eigenvalue weighted by Crippen LogP contribution is 2.19. The Balaban J connectivity index is 1.88. The van der Waals surface area contributed by atoms with Crippen molar-refractivity contribution in [3.63, 3.8) is 0 Å². The van der Waals surface area contributed by atoms with Crippen LogP contribution in [0.5, 0.6) is 5.75 Å². The summed E-state index contributed by atoms with van der Waals surface area (Å²) in [7, 11) is 0. The van der Waals surface area contributed by atoms with Crippen LogP contribution in [0.3, 0.4) is 0 Å². The average molecular weight is 544 g/mol. The predicted octanol–water partition coefficient (Wildman–Crippen LogP) is 5.65. The molecule has 1 N–H and O–H groups in total. The Morgan fingerprint density at radius 1 is 1.00 bits per heavy atom. The molecule has 0 saturated carbocycles. The van der Waals surface area contributed by atoms with Gasteiger partial charge in [-0.25, -0.2) is 0 Å². The van der Waals surface area contributed by atoms with Gasteiger partial charge in [-0.15, -0.1) is 0 Å². The maximum Gasteiger partial charge on any atom is 0.261 e. The number of carbonyl (C=O) groups excluding carboxylic acids is 2. The van der Waals surface area contributed by atoms with Gasteiger partial charge in [0.05, 0.1) is 0 Å². The molecule has 5 nitrogen and oxygen atoms in total. The number of ether oxygens (including phenoxy) is 1. The molecule has 0 unspecified atom stereocenters. The van der Waals surface area contributed by atoms with Gasteiger partial charge >= 0.3 is 0 Å². The zero-order chi connectivity index (χ0) is 24.3. The van der Waals surface area contributed by atoms with Gasteiger partial charge in [-0.3, -0.25) is 9.59 Å². The Morgan fingerprint density at radius 3 is 2.41 bits per heavy atom. The molecular formula is C27H28BrClN2O3. The molecule has 3 aromatic carbocycles. The first-order valence-electron chi connectivity index (χ1n) is 11.2. The van der Waals surface area contributed by atoms with Crippen LogP contribution in [0.2, 0.25) is 5.02 Å². The molecule has 0 fully saturated rings. The first-order valence-corrected chi connectivity index (χ1v) is 12.4. The summed E-state index contributed by atoms with van der Waals surface area (Å²) >= 11 is 9.49. The molecule has 1 atom stereocenters. The second-order valence-electron chi connectivity index (χ2n) is 7.89. The Morgan fingerprint density at radius 2 is 1.74 bits per heavy atom. The lowest BCUT2D eigenvalue weighted by molar-refractivity contribution is -0.142. The first-order chi connectivity index (χ1) is 16.5.